The maximum atomic E-state index is 13.4. The fraction of sp³-hybridized carbons (Fsp3) is 0.533. The van der Waals surface area contributed by atoms with Gasteiger partial charge < -0.3 is 10.4 Å². The van der Waals surface area contributed by atoms with Gasteiger partial charge in [-0.2, -0.15) is 0 Å². The number of benzene rings is 1. The van der Waals surface area contributed by atoms with Crippen molar-refractivity contribution in [3.05, 3.63) is 34.6 Å². The van der Waals surface area contributed by atoms with Gasteiger partial charge in [-0.05, 0) is 37.0 Å². The van der Waals surface area contributed by atoms with Crippen LogP contribution < -0.4 is 5.32 Å². The summed E-state index contributed by atoms with van der Waals surface area (Å²) < 4.78 is 13.4. The van der Waals surface area contributed by atoms with Gasteiger partial charge in [-0.15, -0.1) is 0 Å². The van der Waals surface area contributed by atoms with Crippen molar-refractivity contribution < 1.29 is 14.3 Å². The fourth-order valence-electron chi connectivity index (χ4n) is 2.91. The number of carbonyl (C=O) groups is 1. The molecule has 1 saturated carbocycles. The lowest BCUT2D eigenvalue weighted by molar-refractivity contribution is 0.0696. The second kappa shape index (κ2) is 6.10. The molecule has 5 heteroatoms. The maximum absolute atomic E-state index is 13.4. The van der Waals surface area contributed by atoms with E-state index in [9.17, 15) is 14.3 Å². The summed E-state index contributed by atoms with van der Waals surface area (Å²) in [4.78, 5) is 12.2. The Morgan fingerprint density at radius 3 is 2.95 bits per heavy atom. The summed E-state index contributed by atoms with van der Waals surface area (Å²) in [5.41, 5.74) is -0.372. The molecule has 0 radical (unpaired) electrons. The highest BCUT2D eigenvalue weighted by atomic mass is 35.5. The van der Waals surface area contributed by atoms with Gasteiger partial charge in [0.05, 0.1) is 17.2 Å². The number of aliphatic hydroxyl groups excluding tert-OH is 1. The molecule has 1 aromatic carbocycles. The normalized spacial score (nSPS) is 26.3. The van der Waals surface area contributed by atoms with Crippen LogP contribution in [0.1, 0.15) is 43.0 Å². The van der Waals surface area contributed by atoms with Crippen molar-refractivity contribution in [1.29, 1.82) is 0 Å². The molecule has 0 spiro atoms. The first-order valence-electron chi connectivity index (χ1n) is 6.84. The first-order valence-corrected chi connectivity index (χ1v) is 7.22. The summed E-state index contributed by atoms with van der Waals surface area (Å²) in [6.07, 6.45) is 3.56. The zero-order valence-electron chi connectivity index (χ0n) is 11.5. The van der Waals surface area contributed by atoms with Crippen LogP contribution in [0, 0.1) is 11.7 Å². The second-order valence-electron chi connectivity index (χ2n) is 5.72. The Kier molecular flexibility index (Phi) is 4.66. The van der Waals surface area contributed by atoms with Gasteiger partial charge in [0.25, 0.3) is 5.91 Å². The number of hydrogen-bond acceptors (Lipinski definition) is 2. The summed E-state index contributed by atoms with van der Waals surface area (Å²) in [5, 5.41) is 12.5. The lowest BCUT2D eigenvalue weighted by Gasteiger charge is -2.39. The minimum Gasteiger partial charge on any atom is -0.394 e. The summed E-state index contributed by atoms with van der Waals surface area (Å²) in [6.45, 7) is 2.01. The Hall–Kier alpha value is -1.13. The Morgan fingerprint density at radius 1 is 1.60 bits per heavy atom. The van der Waals surface area contributed by atoms with Gasteiger partial charge >= 0.3 is 0 Å². The first kappa shape index (κ1) is 15.3. The predicted molar refractivity (Wildman–Crippen MR) is 76.3 cm³/mol. The highest BCUT2D eigenvalue weighted by molar-refractivity contribution is 6.30. The van der Waals surface area contributed by atoms with Crippen LogP contribution in [0.25, 0.3) is 0 Å². The number of nitrogens with one attached hydrogen (secondary N) is 1. The molecule has 1 amide bonds. The molecule has 3 nitrogen and oxygen atoms in total. The van der Waals surface area contributed by atoms with Crippen LogP contribution in [0.3, 0.4) is 0 Å². The zero-order chi connectivity index (χ0) is 14.8. The first-order chi connectivity index (χ1) is 9.46. The van der Waals surface area contributed by atoms with Crippen molar-refractivity contribution in [1.82, 2.24) is 5.32 Å². The molecule has 2 atom stereocenters. The highest BCUT2D eigenvalue weighted by Gasteiger charge is 2.36. The number of hydrogen-bond donors (Lipinski definition) is 2. The Labute approximate surface area is 123 Å². The molecule has 0 aromatic heterocycles. The standard InChI is InChI=1S/C15H19ClFNO2/c1-10-3-2-6-15(8-10,9-19)18-14(20)11-4-5-12(16)13(17)7-11/h4-5,7,10,19H,2-3,6,8-9H2,1H3,(H,18,20). The van der Waals surface area contributed by atoms with E-state index in [1.807, 2.05) is 0 Å². The molecule has 2 rings (SSSR count). The predicted octanol–water partition coefficient (Wildman–Crippen LogP) is 3.15. The van der Waals surface area contributed by atoms with Gasteiger partial charge in [-0.3, -0.25) is 4.79 Å². The number of carbonyl (C=O) groups excluding carboxylic acids is 1. The van der Waals surface area contributed by atoms with E-state index in [0.29, 0.717) is 5.92 Å². The van der Waals surface area contributed by atoms with Crippen molar-refractivity contribution in [2.24, 2.45) is 5.92 Å². The van der Waals surface area contributed by atoms with E-state index in [0.717, 1.165) is 31.7 Å². The molecule has 1 aliphatic carbocycles. The summed E-state index contributed by atoms with van der Waals surface area (Å²) >= 11 is 5.60. The van der Waals surface area contributed by atoms with Crippen molar-refractivity contribution in [3.8, 4) is 0 Å². The minimum atomic E-state index is -0.616. The van der Waals surface area contributed by atoms with E-state index in [4.69, 9.17) is 11.6 Å². The molecule has 1 fully saturated rings. The fourth-order valence-corrected chi connectivity index (χ4v) is 3.02. The maximum Gasteiger partial charge on any atom is 0.251 e. The van der Waals surface area contributed by atoms with E-state index in [1.54, 1.807) is 0 Å². The van der Waals surface area contributed by atoms with Crippen molar-refractivity contribution in [2.75, 3.05) is 6.61 Å². The summed E-state index contributed by atoms with van der Waals surface area (Å²) in [6, 6.07) is 3.97. The van der Waals surface area contributed by atoms with Gasteiger partial charge in [-0.25, -0.2) is 4.39 Å². The lowest BCUT2D eigenvalue weighted by atomic mass is 9.76. The molecule has 110 valence electrons. The Morgan fingerprint density at radius 2 is 2.35 bits per heavy atom. The number of aliphatic hydroxyl groups is 1. The van der Waals surface area contributed by atoms with Gasteiger partial charge in [0.2, 0.25) is 0 Å². The third-order valence-corrected chi connectivity index (χ3v) is 4.26. The highest BCUT2D eigenvalue weighted by Crippen LogP contribution is 2.32. The topological polar surface area (TPSA) is 49.3 Å². The SMILES string of the molecule is CC1CCCC(CO)(NC(=O)c2ccc(Cl)c(F)c2)C1. The monoisotopic (exact) mass is 299 g/mol. The molecule has 0 heterocycles. The van der Waals surface area contributed by atoms with Crippen LogP contribution in [-0.2, 0) is 0 Å². The van der Waals surface area contributed by atoms with Gasteiger partial charge in [0.15, 0.2) is 0 Å². The third kappa shape index (κ3) is 3.30. The summed E-state index contributed by atoms with van der Waals surface area (Å²) in [7, 11) is 0. The van der Waals surface area contributed by atoms with Crippen LogP contribution >= 0.6 is 11.6 Å². The van der Waals surface area contributed by atoms with Crippen LogP contribution in [-0.4, -0.2) is 23.2 Å². The van der Waals surface area contributed by atoms with Gasteiger partial charge in [-0.1, -0.05) is 31.4 Å². The molecule has 2 N–H and O–H groups in total. The second-order valence-corrected chi connectivity index (χ2v) is 6.13. The molecular formula is C15H19ClFNO2. The lowest BCUT2D eigenvalue weighted by Crippen LogP contribution is -2.53. The molecule has 20 heavy (non-hydrogen) atoms. The molecule has 1 aliphatic rings. The van der Waals surface area contributed by atoms with Crippen LogP contribution in [0.4, 0.5) is 4.39 Å². The van der Waals surface area contributed by atoms with Crippen molar-refractivity contribution in [3.63, 3.8) is 0 Å². The van der Waals surface area contributed by atoms with E-state index in [-0.39, 0.29) is 23.1 Å². The Bertz CT molecular complexity index is 509. The van der Waals surface area contributed by atoms with Crippen LogP contribution in [0.5, 0.6) is 0 Å². The minimum absolute atomic E-state index is 0.00953. The van der Waals surface area contributed by atoms with Crippen LogP contribution in [0.2, 0.25) is 5.02 Å². The largest absolute Gasteiger partial charge is 0.394 e. The number of halogens is 2. The average Bonchev–Trinajstić information content (AvgIpc) is 2.41. The smallest absolute Gasteiger partial charge is 0.251 e. The van der Waals surface area contributed by atoms with Gasteiger partial charge in [0.1, 0.15) is 5.82 Å². The van der Waals surface area contributed by atoms with E-state index in [1.165, 1.54) is 12.1 Å². The third-order valence-electron chi connectivity index (χ3n) is 3.95. The molecular weight excluding hydrogens is 281 g/mol. The van der Waals surface area contributed by atoms with E-state index < -0.39 is 11.4 Å². The van der Waals surface area contributed by atoms with Crippen molar-refractivity contribution >= 4 is 17.5 Å². The zero-order valence-corrected chi connectivity index (χ0v) is 12.2. The Balaban J connectivity index is 2.14. The summed E-state index contributed by atoms with van der Waals surface area (Å²) in [5.74, 6) is -0.531. The van der Waals surface area contributed by atoms with Crippen molar-refractivity contribution in [2.45, 2.75) is 38.1 Å². The number of rotatable bonds is 3. The van der Waals surface area contributed by atoms with Gasteiger partial charge in [0, 0.05) is 5.56 Å². The van der Waals surface area contributed by atoms with Crippen LogP contribution in [0.15, 0.2) is 18.2 Å². The molecule has 0 bridgehead atoms. The number of amides is 1. The molecule has 0 aliphatic heterocycles. The molecule has 0 saturated heterocycles. The van der Waals surface area contributed by atoms with E-state index in [2.05, 4.69) is 12.2 Å². The average molecular weight is 300 g/mol. The quantitative estimate of drug-likeness (QED) is 0.901. The molecule has 1 aromatic rings. The molecule has 2 unspecified atom stereocenters. The van der Waals surface area contributed by atoms with E-state index >= 15 is 0 Å².